The number of halogens is 2. The molecule has 1 atom stereocenters. The molecule has 0 bridgehead atoms. The summed E-state index contributed by atoms with van der Waals surface area (Å²) in [6.07, 6.45) is 2.65. The summed E-state index contributed by atoms with van der Waals surface area (Å²) in [6.45, 7) is 7.44. The lowest BCUT2D eigenvalue weighted by Crippen LogP contribution is -2.36. The summed E-state index contributed by atoms with van der Waals surface area (Å²) in [4.78, 5) is 4.61. The standard InChI is InChI=1S/C17H24BrFN2O/c1-12(20)21-17(3,11-16(2)6-8-22-9-7-16)14-10-13(18)4-5-15(14)19/h4-5,10H,6-9,11H2,1-3H3,(H2,20,21). The first kappa shape index (κ1) is 17.4. The van der Waals surface area contributed by atoms with E-state index in [1.165, 1.54) is 6.07 Å². The number of hydrogen-bond acceptors (Lipinski definition) is 2. The molecule has 5 heteroatoms. The Balaban J connectivity index is 2.43. The van der Waals surface area contributed by atoms with Crippen LogP contribution in [0.15, 0.2) is 27.7 Å². The van der Waals surface area contributed by atoms with E-state index in [0.29, 0.717) is 11.4 Å². The molecular formula is C17H24BrFN2O. The number of nitrogens with two attached hydrogens (primary N) is 1. The van der Waals surface area contributed by atoms with Crippen molar-refractivity contribution in [3.63, 3.8) is 0 Å². The molecule has 0 saturated carbocycles. The fourth-order valence-corrected chi connectivity index (χ4v) is 3.73. The summed E-state index contributed by atoms with van der Waals surface area (Å²) < 4.78 is 20.8. The van der Waals surface area contributed by atoms with Gasteiger partial charge in [0, 0.05) is 23.2 Å². The first-order valence-electron chi connectivity index (χ1n) is 7.59. The number of aliphatic imine (C=N–C) groups is 1. The van der Waals surface area contributed by atoms with Gasteiger partial charge in [-0.2, -0.15) is 0 Å². The zero-order chi connectivity index (χ0) is 16.4. The third-order valence-electron chi connectivity index (χ3n) is 4.40. The Bertz CT molecular complexity index is 566. The van der Waals surface area contributed by atoms with Gasteiger partial charge in [0.25, 0.3) is 0 Å². The SMILES string of the molecule is CC(N)=NC(C)(CC1(C)CCOCC1)c1cc(Br)ccc1F. The number of nitrogens with zero attached hydrogens (tertiary/aromatic N) is 1. The minimum atomic E-state index is -0.682. The molecule has 0 radical (unpaired) electrons. The number of rotatable bonds is 4. The van der Waals surface area contributed by atoms with Crippen LogP contribution in [0.5, 0.6) is 0 Å². The van der Waals surface area contributed by atoms with Gasteiger partial charge in [-0.05, 0) is 56.7 Å². The van der Waals surface area contributed by atoms with Gasteiger partial charge in [-0.25, -0.2) is 4.39 Å². The second-order valence-corrected chi connectivity index (χ2v) is 7.67. The molecule has 122 valence electrons. The normalized spacial score (nSPS) is 21.4. The van der Waals surface area contributed by atoms with Gasteiger partial charge in [0.2, 0.25) is 0 Å². The van der Waals surface area contributed by atoms with E-state index < -0.39 is 5.54 Å². The van der Waals surface area contributed by atoms with Crippen molar-refractivity contribution in [2.75, 3.05) is 13.2 Å². The molecular weight excluding hydrogens is 347 g/mol. The highest BCUT2D eigenvalue weighted by atomic mass is 79.9. The Kier molecular flexibility index (Phi) is 5.28. The van der Waals surface area contributed by atoms with E-state index in [0.717, 1.165) is 36.9 Å². The van der Waals surface area contributed by atoms with Gasteiger partial charge in [-0.15, -0.1) is 0 Å². The maximum atomic E-state index is 14.4. The Morgan fingerprint density at radius 3 is 2.68 bits per heavy atom. The zero-order valence-electron chi connectivity index (χ0n) is 13.5. The number of benzene rings is 1. The molecule has 1 saturated heterocycles. The van der Waals surface area contributed by atoms with E-state index in [9.17, 15) is 4.39 Å². The van der Waals surface area contributed by atoms with Crippen molar-refractivity contribution in [2.45, 2.75) is 45.6 Å². The van der Waals surface area contributed by atoms with E-state index in [2.05, 4.69) is 27.8 Å². The Morgan fingerprint density at radius 2 is 2.09 bits per heavy atom. The first-order chi connectivity index (χ1) is 10.2. The van der Waals surface area contributed by atoms with Gasteiger partial charge in [-0.1, -0.05) is 22.9 Å². The van der Waals surface area contributed by atoms with E-state index in [-0.39, 0.29) is 11.2 Å². The van der Waals surface area contributed by atoms with Gasteiger partial charge in [0.1, 0.15) is 5.82 Å². The molecule has 22 heavy (non-hydrogen) atoms. The molecule has 1 aromatic carbocycles. The van der Waals surface area contributed by atoms with Crippen LogP contribution in [0.1, 0.15) is 45.6 Å². The molecule has 0 spiro atoms. The average Bonchev–Trinajstić information content (AvgIpc) is 2.40. The topological polar surface area (TPSA) is 47.6 Å². The predicted molar refractivity (Wildman–Crippen MR) is 91.5 cm³/mol. The fourth-order valence-electron chi connectivity index (χ4n) is 3.37. The number of ether oxygens (including phenoxy) is 1. The zero-order valence-corrected chi connectivity index (χ0v) is 15.0. The van der Waals surface area contributed by atoms with Crippen LogP contribution in [0.25, 0.3) is 0 Å². The second-order valence-electron chi connectivity index (χ2n) is 6.75. The number of hydrogen-bond donors (Lipinski definition) is 1. The smallest absolute Gasteiger partial charge is 0.128 e. The largest absolute Gasteiger partial charge is 0.388 e. The lowest BCUT2D eigenvalue weighted by molar-refractivity contribution is 0.00944. The van der Waals surface area contributed by atoms with Gasteiger partial charge < -0.3 is 10.5 Å². The second kappa shape index (κ2) is 6.67. The molecule has 1 unspecified atom stereocenters. The van der Waals surface area contributed by atoms with Crippen LogP contribution in [-0.4, -0.2) is 19.0 Å². The van der Waals surface area contributed by atoms with Gasteiger partial charge in [-0.3, -0.25) is 4.99 Å². The predicted octanol–water partition coefficient (Wildman–Crippen LogP) is 4.39. The molecule has 2 N–H and O–H groups in total. The van der Waals surface area contributed by atoms with Crippen LogP contribution in [0.2, 0.25) is 0 Å². The van der Waals surface area contributed by atoms with Crippen molar-refractivity contribution in [2.24, 2.45) is 16.1 Å². The summed E-state index contributed by atoms with van der Waals surface area (Å²) in [5.41, 5.74) is 5.81. The van der Waals surface area contributed by atoms with Crippen LogP contribution in [0.3, 0.4) is 0 Å². The molecule has 2 rings (SSSR count). The monoisotopic (exact) mass is 370 g/mol. The summed E-state index contributed by atoms with van der Waals surface area (Å²) in [5, 5.41) is 0. The maximum absolute atomic E-state index is 14.4. The average molecular weight is 371 g/mol. The maximum Gasteiger partial charge on any atom is 0.128 e. The molecule has 3 nitrogen and oxygen atoms in total. The Hall–Kier alpha value is -0.940. The van der Waals surface area contributed by atoms with Gasteiger partial charge in [0.05, 0.1) is 11.4 Å². The lowest BCUT2D eigenvalue weighted by atomic mass is 9.70. The van der Waals surface area contributed by atoms with Crippen molar-refractivity contribution in [1.29, 1.82) is 0 Å². The molecule has 0 aromatic heterocycles. The van der Waals surface area contributed by atoms with Crippen LogP contribution in [0, 0.1) is 11.2 Å². The summed E-state index contributed by atoms with van der Waals surface area (Å²) in [5.74, 6) is 0.226. The Labute approximate surface area is 140 Å². The highest BCUT2D eigenvalue weighted by Crippen LogP contribution is 2.44. The highest BCUT2D eigenvalue weighted by Gasteiger charge is 2.39. The van der Waals surface area contributed by atoms with E-state index in [1.807, 2.05) is 13.0 Å². The molecule has 1 heterocycles. The molecule has 1 aromatic rings. The molecule has 1 fully saturated rings. The van der Waals surface area contributed by atoms with Crippen molar-refractivity contribution in [3.05, 3.63) is 34.1 Å². The van der Waals surface area contributed by atoms with Gasteiger partial charge >= 0.3 is 0 Å². The molecule has 1 aliphatic rings. The molecule has 0 aliphatic carbocycles. The van der Waals surface area contributed by atoms with E-state index in [4.69, 9.17) is 10.5 Å². The summed E-state index contributed by atoms with van der Waals surface area (Å²) >= 11 is 3.43. The highest BCUT2D eigenvalue weighted by molar-refractivity contribution is 9.10. The van der Waals surface area contributed by atoms with E-state index in [1.54, 1.807) is 13.0 Å². The van der Waals surface area contributed by atoms with Crippen molar-refractivity contribution < 1.29 is 9.13 Å². The van der Waals surface area contributed by atoms with Crippen molar-refractivity contribution in [3.8, 4) is 0 Å². The van der Waals surface area contributed by atoms with Crippen LogP contribution in [-0.2, 0) is 10.3 Å². The fraction of sp³-hybridized carbons (Fsp3) is 0.588. The van der Waals surface area contributed by atoms with Crippen LogP contribution < -0.4 is 5.73 Å². The third kappa shape index (κ3) is 4.07. The summed E-state index contributed by atoms with van der Waals surface area (Å²) in [6, 6.07) is 4.99. The van der Waals surface area contributed by atoms with Crippen LogP contribution in [0.4, 0.5) is 4.39 Å². The first-order valence-corrected chi connectivity index (χ1v) is 8.39. The quantitative estimate of drug-likeness (QED) is 0.631. The lowest BCUT2D eigenvalue weighted by Gasteiger charge is -2.40. The van der Waals surface area contributed by atoms with Crippen molar-refractivity contribution in [1.82, 2.24) is 0 Å². The third-order valence-corrected chi connectivity index (χ3v) is 4.90. The summed E-state index contributed by atoms with van der Waals surface area (Å²) in [7, 11) is 0. The molecule has 1 aliphatic heterocycles. The molecule has 0 amide bonds. The Morgan fingerprint density at radius 1 is 1.45 bits per heavy atom. The minimum absolute atomic E-state index is 0.0701. The van der Waals surface area contributed by atoms with E-state index >= 15 is 0 Å². The van der Waals surface area contributed by atoms with Gasteiger partial charge in [0.15, 0.2) is 0 Å². The minimum Gasteiger partial charge on any atom is -0.388 e. The number of amidine groups is 1. The van der Waals surface area contributed by atoms with Crippen LogP contribution >= 0.6 is 15.9 Å². The van der Waals surface area contributed by atoms with Crippen molar-refractivity contribution >= 4 is 21.8 Å².